The molecule has 1 aromatic heterocycles. The molecular weight excluding hydrogens is 418 g/mol. The summed E-state index contributed by atoms with van der Waals surface area (Å²) < 4.78 is 1.82. The largest absolute Gasteiger partial charge is 0.319 e. The van der Waals surface area contributed by atoms with E-state index in [0.29, 0.717) is 16.4 Å². The number of fused-ring (bicyclic) bond motifs is 1. The molecule has 32 heavy (non-hydrogen) atoms. The Morgan fingerprint density at radius 3 is 2.41 bits per heavy atom. The zero-order valence-corrected chi connectivity index (χ0v) is 18.2. The summed E-state index contributed by atoms with van der Waals surface area (Å²) in [6.45, 7) is 2.04. The minimum Gasteiger partial charge on any atom is -0.319 e. The van der Waals surface area contributed by atoms with Crippen LogP contribution in [0, 0.1) is 6.92 Å². The molecule has 4 nitrogen and oxygen atoms in total. The van der Waals surface area contributed by atoms with Crippen molar-refractivity contribution in [1.29, 1.82) is 0 Å². The van der Waals surface area contributed by atoms with Crippen molar-refractivity contribution in [2.75, 3.05) is 5.32 Å². The number of aryl methyl sites for hydroxylation is 1. The lowest BCUT2D eigenvalue weighted by Gasteiger charge is -2.10. The van der Waals surface area contributed by atoms with E-state index < -0.39 is 0 Å². The van der Waals surface area contributed by atoms with Crippen molar-refractivity contribution < 1.29 is 4.79 Å². The van der Waals surface area contributed by atoms with Gasteiger partial charge in [-0.05, 0) is 48.0 Å². The number of para-hydroxylation sites is 1. The molecule has 0 saturated carbocycles. The van der Waals surface area contributed by atoms with Crippen molar-refractivity contribution >= 4 is 34.0 Å². The van der Waals surface area contributed by atoms with Gasteiger partial charge >= 0.3 is 0 Å². The van der Waals surface area contributed by atoms with Gasteiger partial charge in [-0.1, -0.05) is 83.9 Å². The summed E-state index contributed by atoms with van der Waals surface area (Å²) in [5, 5.41) is 10.3. The van der Waals surface area contributed by atoms with E-state index >= 15 is 0 Å². The smallest absolute Gasteiger partial charge is 0.276 e. The van der Waals surface area contributed by atoms with Crippen LogP contribution in [-0.4, -0.2) is 15.7 Å². The highest BCUT2D eigenvalue weighted by Gasteiger charge is 2.19. The van der Waals surface area contributed by atoms with Gasteiger partial charge in [-0.2, -0.15) is 5.10 Å². The second kappa shape index (κ2) is 8.33. The summed E-state index contributed by atoms with van der Waals surface area (Å²) in [5.41, 5.74) is 4.76. The lowest BCUT2D eigenvalue weighted by Crippen LogP contribution is -2.13. The standard InChI is InChI=1S/C27H20ClN3O/c1-18-13-15-20(16-14-18)31-26(22-10-6-8-19-7-2-3-9-21(19)22)17-25(30-31)27(32)29-24-12-5-4-11-23(24)28/h2-17H,1H3,(H,29,32). The molecule has 1 N–H and O–H groups in total. The monoisotopic (exact) mass is 437 g/mol. The number of nitrogens with zero attached hydrogens (tertiary/aromatic N) is 2. The maximum atomic E-state index is 13.1. The van der Waals surface area contributed by atoms with Crippen LogP contribution in [0.3, 0.4) is 0 Å². The summed E-state index contributed by atoms with van der Waals surface area (Å²) in [4.78, 5) is 13.1. The fraction of sp³-hybridized carbons (Fsp3) is 0.0370. The van der Waals surface area contributed by atoms with Crippen LogP contribution in [-0.2, 0) is 0 Å². The molecule has 0 bridgehead atoms. The van der Waals surface area contributed by atoms with Crippen molar-refractivity contribution in [2.24, 2.45) is 0 Å². The molecule has 1 heterocycles. The number of amides is 1. The second-order valence-corrected chi connectivity index (χ2v) is 8.03. The third-order valence-corrected chi connectivity index (χ3v) is 5.74. The summed E-state index contributed by atoms with van der Waals surface area (Å²) >= 11 is 6.22. The molecule has 0 radical (unpaired) electrons. The lowest BCUT2D eigenvalue weighted by molar-refractivity contribution is 0.102. The Morgan fingerprint density at radius 1 is 0.875 bits per heavy atom. The molecular formula is C27H20ClN3O. The molecule has 0 saturated heterocycles. The third-order valence-electron chi connectivity index (χ3n) is 5.41. The molecule has 0 unspecified atom stereocenters. The van der Waals surface area contributed by atoms with Crippen LogP contribution in [0.15, 0.2) is 97.1 Å². The number of hydrogen-bond acceptors (Lipinski definition) is 2. The van der Waals surface area contributed by atoms with E-state index in [1.807, 2.05) is 72.3 Å². The molecule has 0 aliphatic rings. The molecule has 0 atom stereocenters. The Balaban J connectivity index is 1.65. The molecule has 0 aliphatic carbocycles. The first kappa shape index (κ1) is 20.0. The van der Waals surface area contributed by atoms with Crippen molar-refractivity contribution in [2.45, 2.75) is 6.92 Å². The second-order valence-electron chi connectivity index (χ2n) is 7.62. The van der Waals surface area contributed by atoms with Gasteiger partial charge in [-0.25, -0.2) is 4.68 Å². The zero-order chi connectivity index (χ0) is 22.1. The van der Waals surface area contributed by atoms with Crippen LogP contribution in [0.25, 0.3) is 27.7 Å². The van der Waals surface area contributed by atoms with Gasteiger partial charge in [0.05, 0.1) is 22.1 Å². The van der Waals surface area contributed by atoms with Gasteiger partial charge in [-0.15, -0.1) is 0 Å². The summed E-state index contributed by atoms with van der Waals surface area (Å²) in [7, 11) is 0. The van der Waals surface area contributed by atoms with Crippen LogP contribution in [0.4, 0.5) is 5.69 Å². The number of hydrogen-bond donors (Lipinski definition) is 1. The Hall–Kier alpha value is -3.89. The minimum atomic E-state index is -0.314. The Morgan fingerprint density at radius 2 is 1.59 bits per heavy atom. The molecule has 0 spiro atoms. The SMILES string of the molecule is Cc1ccc(-n2nc(C(=O)Nc3ccccc3Cl)cc2-c2cccc3ccccc23)cc1. The van der Waals surface area contributed by atoms with Crippen LogP contribution in [0.2, 0.25) is 5.02 Å². The maximum absolute atomic E-state index is 13.1. The molecule has 156 valence electrons. The van der Waals surface area contributed by atoms with Gasteiger partial charge in [-0.3, -0.25) is 4.79 Å². The highest BCUT2D eigenvalue weighted by molar-refractivity contribution is 6.33. The number of halogens is 1. The first-order valence-electron chi connectivity index (χ1n) is 10.3. The topological polar surface area (TPSA) is 46.9 Å². The number of benzene rings is 4. The van der Waals surface area contributed by atoms with Crippen molar-refractivity contribution in [3.63, 3.8) is 0 Å². The quantitative estimate of drug-likeness (QED) is 0.332. The molecule has 5 heteroatoms. The van der Waals surface area contributed by atoms with Gasteiger partial charge in [0, 0.05) is 5.56 Å². The number of aromatic nitrogens is 2. The molecule has 1 amide bonds. The maximum Gasteiger partial charge on any atom is 0.276 e. The van der Waals surface area contributed by atoms with Crippen molar-refractivity contribution in [3.8, 4) is 16.9 Å². The highest BCUT2D eigenvalue weighted by atomic mass is 35.5. The average molecular weight is 438 g/mol. The normalized spacial score (nSPS) is 10.9. The Labute approximate surface area is 191 Å². The predicted octanol–water partition coefficient (Wildman–Crippen LogP) is 6.91. The molecule has 5 rings (SSSR count). The van der Waals surface area contributed by atoms with Crippen molar-refractivity contribution in [1.82, 2.24) is 9.78 Å². The summed E-state index contributed by atoms with van der Waals surface area (Å²) in [5.74, 6) is -0.314. The zero-order valence-electron chi connectivity index (χ0n) is 17.4. The number of anilines is 1. The van der Waals surface area contributed by atoms with E-state index in [9.17, 15) is 4.79 Å². The van der Waals surface area contributed by atoms with Crippen LogP contribution in [0.1, 0.15) is 16.1 Å². The average Bonchev–Trinajstić information content (AvgIpc) is 3.26. The first-order valence-corrected chi connectivity index (χ1v) is 10.7. The van der Waals surface area contributed by atoms with E-state index in [2.05, 4.69) is 34.7 Å². The number of carbonyl (C=O) groups excluding carboxylic acids is 1. The molecule has 5 aromatic rings. The van der Waals surface area contributed by atoms with Gasteiger partial charge in [0.25, 0.3) is 5.91 Å². The van der Waals surface area contributed by atoms with Gasteiger partial charge in [0.2, 0.25) is 0 Å². The molecule has 0 fully saturated rings. The number of nitrogens with one attached hydrogen (secondary N) is 1. The van der Waals surface area contributed by atoms with Crippen molar-refractivity contribution in [3.05, 3.63) is 113 Å². The van der Waals surface area contributed by atoms with E-state index in [1.54, 1.807) is 12.1 Å². The van der Waals surface area contributed by atoms with Gasteiger partial charge in [0.15, 0.2) is 5.69 Å². The summed E-state index contributed by atoms with van der Waals surface area (Å²) in [6.07, 6.45) is 0. The lowest BCUT2D eigenvalue weighted by atomic mass is 10.0. The highest BCUT2D eigenvalue weighted by Crippen LogP contribution is 2.31. The van der Waals surface area contributed by atoms with Crippen LogP contribution in [0.5, 0.6) is 0 Å². The van der Waals surface area contributed by atoms with E-state index in [1.165, 1.54) is 0 Å². The van der Waals surface area contributed by atoms with E-state index in [0.717, 1.165) is 33.3 Å². The van der Waals surface area contributed by atoms with E-state index in [-0.39, 0.29) is 5.91 Å². The third kappa shape index (κ3) is 3.77. The summed E-state index contributed by atoms with van der Waals surface area (Å²) in [6, 6.07) is 31.4. The fourth-order valence-electron chi connectivity index (χ4n) is 3.76. The Kier molecular flexibility index (Phi) is 5.21. The van der Waals surface area contributed by atoms with Crippen LogP contribution < -0.4 is 5.32 Å². The fourth-order valence-corrected chi connectivity index (χ4v) is 3.95. The number of carbonyl (C=O) groups is 1. The van der Waals surface area contributed by atoms with E-state index in [4.69, 9.17) is 11.6 Å². The first-order chi connectivity index (χ1) is 15.6. The van der Waals surface area contributed by atoms with Gasteiger partial charge < -0.3 is 5.32 Å². The predicted molar refractivity (Wildman–Crippen MR) is 131 cm³/mol. The molecule has 0 aliphatic heterocycles. The number of rotatable bonds is 4. The van der Waals surface area contributed by atoms with Gasteiger partial charge in [0.1, 0.15) is 0 Å². The van der Waals surface area contributed by atoms with Crippen LogP contribution >= 0.6 is 11.6 Å². The molecule has 4 aromatic carbocycles. The Bertz CT molecular complexity index is 1430. The minimum absolute atomic E-state index is 0.313.